The number of hydrogen-bond donors (Lipinski definition) is 1. The summed E-state index contributed by atoms with van der Waals surface area (Å²) in [5.74, 6) is 1.16. The maximum absolute atomic E-state index is 13.0. The SMILES string of the molecule is CCOc1ncccc1-c1ccc2c(n1)CN(C[C@H]1CCCN1C(=O)OC(C)(C)C)C[C@]21CCNC[C@H]1CC. The Morgan fingerprint density at radius 2 is 2.08 bits per heavy atom. The molecule has 1 amide bonds. The topological polar surface area (TPSA) is 79.8 Å². The zero-order valence-electron chi connectivity index (χ0n) is 24.3. The Kier molecular flexibility index (Phi) is 8.15. The molecule has 39 heavy (non-hydrogen) atoms. The van der Waals surface area contributed by atoms with Crippen LogP contribution >= 0.6 is 0 Å². The van der Waals surface area contributed by atoms with E-state index in [2.05, 4.69) is 34.3 Å². The van der Waals surface area contributed by atoms with Crippen LogP contribution in [0.4, 0.5) is 4.79 Å². The van der Waals surface area contributed by atoms with Gasteiger partial charge in [0.1, 0.15) is 5.60 Å². The molecular weight excluding hydrogens is 490 g/mol. The molecule has 2 aromatic rings. The van der Waals surface area contributed by atoms with E-state index in [9.17, 15) is 4.79 Å². The van der Waals surface area contributed by atoms with Crippen molar-refractivity contribution in [2.24, 2.45) is 5.92 Å². The highest BCUT2D eigenvalue weighted by Gasteiger charge is 2.47. The van der Waals surface area contributed by atoms with Crippen LogP contribution in [-0.2, 0) is 16.7 Å². The Balaban J connectivity index is 1.48. The first-order valence-electron chi connectivity index (χ1n) is 14.8. The summed E-state index contributed by atoms with van der Waals surface area (Å²) in [5.41, 5.74) is 3.93. The number of aromatic nitrogens is 2. The van der Waals surface area contributed by atoms with Crippen molar-refractivity contribution in [3.05, 3.63) is 41.7 Å². The van der Waals surface area contributed by atoms with Crippen LogP contribution in [0.3, 0.4) is 0 Å². The summed E-state index contributed by atoms with van der Waals surface area (Å²) in [6, 6.07) is 8.63. The normalized spacial score (nSPS) is 25.5. The number of rotatable bonds is 6. The highest BCUT2D eigenvalue weighted by molar-refractivity contribution is 5.69. The first kappa shape index (κ1) is 27.8. The van der Waals surface area contributed by atoms with Gasteiger partial charge in [0.15, 0.2) is 0 Å². The number of pyridine rings is 2. The molecule has 0 aromatic carbocycles. The lowest BCUT2D eigenvalue weighted by atomic mass is 9.63. The Bertz CT molecular complexity index is 1170. The van der Waals surface area contributed by atoms with E-state index >= 15 is 0 Å². The molecule has 1 spiro atoms. The number of likely N-dealkylation sites (tertiary alicyclic amines) is 1. The Labute approximate surface area is 233 Å². The first-order valence-corrected chi connectivity index (χ1v) is 14.8. The molecule has 0 unspecified atom stereocenters. The van der Waals surface area contributed by atoms with Gasteiger partial charge in [-0.1, -0.05) is 19.4 Å². The molecule has 0 radical (unpaired) electrons. The fourth-order valence-electron chi connectivity index (χ4n) is 6.91. The number of hydrogen-bond acceptors (Lipinski definition) is 7. The smallest absolute Gasteiger partial charge is 0.410 e. The zero-order chi connectivity index (χ0) is 27.6. The van der Waals surface area contributed by atoms with E-state index in [0.717, 1.165) is 81.9 Å². The van der Waals surface area contributed by atoms with Crippen molar-refractivity contribution in [3.63, 3.8) is 0 Å². The van der Waals surface area contributed by atoms with E-state index < -0.39 is 5.60 Å². The number of nitrogens with one attached hydrogen (secondary N) is 1. The molecule has 5 rings (SSSR count). The Morgan fingerprint density at radius 3 is 2.85 bits per heavy atom. The van der Waals surface area contributed by atoms with Crippen LogP contribution in [0.2, 0.25) is 0 Å². The predicted molar refractivity (Wildman–Crippen MR) is 153 cm³/mol. The molecule has 8 nitrogen and oxygen atoms in total. The van der Waals surface area contributed by atoms with Crippen LogP contribution in [0.1, 0.15) is 71.6 Å². The number of amides is 1. The minimum Gasteiger partial charge on any atom is -0.477 e. The molecule has 2 saturated heterocycles. The first-order chi connectivity index (χ1) is 18.7. The molecule has 5 heterocycles. The molecule has 0 aliphatic carbocycles. The summed E-state index contributed by atoms with van der Waals surface area (Å²) >= 11 is 0. The molecule has 3 aliphatic heterocycles. The van der Waals surface area contributed by atoms with E-state index in [4.69, 9.17) is 14.5 Å². The van der Waals surface area contributed by atoms with Crippen molar-refractivity contribution >= 4 is 6.09 Å². The Morgan fingerprint density at radius 1 is 1.23 bits per heavy atom. The van der Waals surface area contributed by atoms with Gasteiger partial charge in [-0.2, -0.15) is 0 Å². The molecule has 8 heteroatoms. The second kappa shape index (κ2) is 11.4. The predicted octanol–water partition coefficient (Wildman–Crippen LogP) is 5.01. The van der Waals surface area contributed by atoms with Crippen molar-refractivity contribution in [1.82, 2.24) is 25.1 Å². The molecule has 212 valence electrons. The number of nitrogens with zero attached hydrogens (tertiary/aromatic N) is 4. The molecule has 1 N–H and O–H groups in total. The quantitative estimate of drug-likeness (QED) is 0.557. The van der Waals surface area contributed by atoms with Gasteiger partial charge >= 0.3 is 6.09 Å². The highest BCUT2D eigenvalue weighted by atomic mass is 16.6. The summed E-state index contributed by atoms with van der Waals surface area (Å²) in [7, 11) is 0. The lowest BCUT2D eigenvalue weighted by Crippen LogP contribution is -2.58. The molecule has 0 saturated carbocycles. The van der Waals surface area contributed by atoms with Gasteiger partial charge in [-0.3, -0.25) is 9.88 Å². The largest absolute Gasteiger partial charge is 0.477 e. The van der Waals surface area contributed by atoms with Gasteiger partial charge in [-0.15, -0.1) is 0 Å². The standard InChI is InChI=1S/C31H45N5O3/c1-6-22-18-32-16-14-31(22)21-35(19-23-10-9-17-36(23)29(37)39-30(3,4)5)20-27-25(31)12-13-26(34-27)24-11-8-15-33-28(24)38-7-2/h8,11-13,15,22-23,32H,6-7,9-10,14,16-21H2,1-5H3/t22-,23-,31+/m1/s1. The van der Waals surface area contributed by atoms with Crippen molar-refractivity contribution in [3.8, 4) is 17.1 Å². The minimum atomic E-state index is -0.491. The molecule has 3 atom stereocenters. The minimum absolute atomic E-state index is 0.0478. The third-order valence-corrected chi connectivity index (χ3v) is 8.60. The third-order valence-electron chi connectivity index (χ3n) is 8.60. The maximum atomic E-state index is 13.0. The van der Waals surface area contributed by atoms with Crippen LogP contribution < -0.4 is 10.1 Å². The molecule has 0 bridgehead atoms. The van der Waals surface area contributed by atoms with Gasteiger partial charge in [-0.25, -0.2) is 9.78 Å². The molecular formula is C31H45N5O3. The number of carbonyl (C=O) groups is 1. The van der Waals surface area contributed by atoms with Gasteiger partial charge in [0.25, 0.3) is 0 Å². The third kappa shape index (κ3) is 5.78. The number of ether oxygens (including phenoxy) is 2. The lowest BCUT2D eigenvalue weighted by molar-refractivity contribution is 0.0160. The number of piperidine rings is 1. The van der Waals surface area contributed by atoms with Crippen LogP contribution in [0, 0.1) is 5.92 Å². The van der Waals surface area contributed by atoms with Gasteiger partial charge in [0.05, 0.1) is 23.6 Å². The Hall–Kier alpha value is -2.71. The van der Waals surface area contributed by atoms with Crippen LogP contribution in [0.25, 0.3) is 11.3 Å². The summed E-state index contributed by atoms with van der Waals surface area (Å²) in [4.78, 5) is 27.3. The van der Waals surface area contributed by atoms with Gasteiger partial charge in [0.2, 0.25) is 5.88 Å². The average molecular weight is 536 g/mol. The molecule has 2 aromatic heterocycles. The maximum Gasteiger partial charge on any atom is 0.410 e. The van der Waals surface area contributed by atoms with Crippen LogP contribution in [-0.4, -0.2) is 76.8 Å². The fourth-order valence-corrected chi connectivity index (χ4v) is 6.91. The molecule has 3 aliphatic rings. The summed E-state index contributed by atoms with van der Waals surface area (Å²) in [6.07, 6.45) is 5.81. The van der Waals surface area contributed by atoms with E-state index in [1.165, 1.54) is 5.56 Å². The second-order valence-corrected chi connectivity index (χ2v) is 12.3. The number of fused-ring (bicyclic) bond motifs is 2. The van der Waals surface area contributed by atoms with E-state index in [0.29, 0.717) is 18.4 Å². The van der Waals surface area contributed by atoms with Crippen LogP contribution in [0.5, 0.6) is 5.88 Å². The van der Waals surface area contributed by atoms with Crippen molar-refractivity contribution in [2.45, 2.75) is 83.9 Å². The van der Waals surface area contributed by atoms with E-state index in [1.54, 1.807) is 6.20 Å². The molecule has 2 fully saturated rings. The highest BCUT2D eigenvalue weighted by Crippen LogP contribution is 2.45. The van der Waals surface area contributed by atoms with Crippen LogP contribution in [0.15, 0.2) is 30.5 Å². The lowest BCUT2D eigenvalue weighted by Gasteiger charge is -2.51. The summed E-state index contributed by atoms with van der Waals surface area (Å²) < 4.78 is 11.6. The van der Waals surface area contributed by atoms with E-state index in [1.807, 2.05) is 44.7 Å². The fraction of sp³-hybridized carbons (Fsp3) is 0.645. The van der Waals surface area contributed by atoms with Gasteiger partial charge in [0, 0.05) is 43.8 Å². The van der Waals surface area contributed by atoms with Crippen molar-refractivity contribution < 1.29 is 14.3 Å². The van der Waals surface area contributed by atoms with Gasteiger partial charge in [-0.05, 0) is 89.7 Å². The monoisotopic (exact) mass is 535 g/mol. The van der Waals surface area contributed by atoms with Gasteiger partial charge < -0.3 is 19.7 Å². The summed E-state index contributed by atoms with van der Waals surface area (Å²) in [5, 5.41) is 3.65. The zero-order valence-corrected chi connectivity index (χ0v) is 24.3. The average Bonchev–Trinajstić information content (AvgIpc) is 3.36. The van der Waals surface area contributed by atoms with Crippen molar-refractivity contribution in [2.75, 3.05) is 39.3 Å². The number of carbonyl (C=O) groups excluding carboxylic acids is 1. The van der Waals surface area contributed by atoms with E-state index in [-0.39, 0.29) is 17.6 Å². The second-order valence-electron chi connectivity index (χ2n) is 12.3. The summed E-state index contributed by atoms with van der Waals surface area (Å²) in [6.45, 7) is 16.1. The van der Waals surface area contributed by atoms with Crippen molar-refractivity contribution in [1.29, 1.82) is 0 Å².